The van der Waals surface area contributed by atoms with Crippen LogP contribution in [0.1, 0.15) is 39.0 Å². The number of carbonyl (C=O) groups excluding carboxylic acids is 1. The molecule has 0 bridgehead atoms. The van der Waals surface area contributed by atoms with Gasteiger partial charge in [0.25, 0.3) is 0 Å². The Morgan fingerprint density at radius 1 is 1.33 bits per heavy atom. The van der Waals surface area contributed by atoms with E-state index in [1.54, 1.807) is 0 Å². The summed E-state index contributed by atoms with van der Waals surface area (Å²) in [6.45, 7) is 7.63. The minimum absolute atomic E-state index is 0.0622. The van der Waals surface area contributed by atoms with Crippen molar-refractivity contribution < 1.29 is 4.79 Å². The van der Waals surface area contributed by atoms with Gasteiger partial charge >= 0.3 is 0 Å². The number of carbonyl (C=O) groups is 1. The summed E-state index contributed by atoms with van der Waals surface area (Å²) in [5, 5.41) is 6.32. The predicted octanol–water partition coefficient (Wildman–Crippen LogP) is 0.977. The van der Waals surface area contributed by atoms with E-state index in [4.69, 9.17) is 0 Å². The molecule has 2 fully saturated rings. The Kier molecular flexibility index (Phi) is 5.45. The molecular weight excluding hydrogens is 226 g/mol. The number of amides is 1. The van der Waals surface area contributed by atoms with Gasteiger partial charge in [0.15, 0.2) is 0 Å². The van der Waals surface area contributed by atoms with Crippen molar-refractivity contribution in [1.29, 1.82) is 0 Å². The van der Waals surface area contributed by atoms with Crippen molar-refractivity contribution in [2.24, 2.45) is 5.92 Å². The molecule has 2 heterocycles. The lowest BCUT2D eigenvalue weighted by atomic mass is 10.1. The molecule has 0 aromatic rings. The maximum absolute atomic E-state index is 11.9. The molecule has 0 spiro atoms. The van der Waals surface area contributed by atoms with Crippen LogP contribution in [-0.2, 0) is 4.79 Å². The highest BCUT2D eigenvalue weighted by atomic mass is 16.2. The topological polar surface area (TPSA) is 44.4 Å². The Labute approximate surface area is 110 Å². The van der Waals surface area contributed by atoms with Crippen LogP contribution in [0.15, 0.2) is 0 Å². The van der Waals surface area contributed by atoms with Gasteiger partial charge < -0.3 is 15.5 Å². The van der Waals surface area contributed by atoms with Crippen LogP contribution >= 0.6 is 0 Å². The first kappa shape index (κ1) is 13.8. The van der Waals surface area contributed by atoms with E-state index in [2.05, 4.69) is 22.5 Å². The normalized spacial score (nSPS) is 27.1. The summed E-state index contributed by atoms with van der Waals surface area (Å²) in [4.78, 5) is 14.4. The average molecular weight is 253 g/mol. The van der Waals surface area contributed by atoms with Gasteiger partial charge in [-0.1, -0.05) is 13.3 Å². The van der Waals surface area contributed by atoms with E-state index >= 15 is 0 Å². The second-order valence-corrected chi connectivity index (χ2v) is 5.86. The maximum Gasteiger partial charge on any atom is 0.237 e. The standard InChI is InChI=1S/C14H27N3O/c1-12(11-17-8-3-2-4-9-17)10-16-14(18)13-6-5-7-15-13/h12-13,15H,2-11H2,1H3,(H,16,18)/t12?,13-/m0/s1. The second kappa shape index (κ2) is 7.10. The highest BCUT2D eigenvalue weighted by molar-refractivity contribution is 5.81. The summed E-state index contributed by atoms with van der Waals surface area (Å²) in [7, 11) is 0. The van der Waals surface area contributed by atoms with Crippen molar-refractivity contribution >= 4 is 5.91 Å². The maximum atomic E-state index is 11.9. The van der Waals surface area contributed by atoms with Crippen molar-refractivity contribution in [3.05, 3.63) is 0 Å². The largest absolute Gasteiger partial charge is 0.354 e. The summed E-state index contributed by atoms with van der Waals surface area (Å²) >= 11 is 0. The van der Waals surface area contributed by atoms with Crippen LogP contribution in [0.5, 0.6) is 0 Å². The molecule has 4 heteroatoms. The lowest BCUT2D eigenvalue weighted by Crippen LogP contribution is -2.43. The van der Waals surface area contributed by atoms with Crippen LogP contribution in [0.4, 0.5) is 0 Å². The summed E-state index contributed by atoms with van der Waals surface area (Å²) in [5.41, 5.74) is 0. The summed E-state index contributed by atoms with van der Waals surface area (Å²) < 4.78 is 0. The van der Waals surface area contributed by atoms with Gasteiger partial charge in [0, 0.05) is 13.1 Å². The van der Waals surface area contributed by atoms with Gasteiger partial charge in [-0.25, -0.2) is 0 Å². The first-order valence-electron chi connectivity index (χ1n) is 7.49. The van der Waals surface area contributed by atoms with Crippen molar-refractivity contribution in [3.8, 4) is 0 Å². The number of hydrogen-bond donors (Lipinski definition) is 2. The van der Waals surface area contributed by atoms with Crippen molar-refractivity contribution in [2.45, 2.75) is 45.1 Å². The first-order valence-corrected chi connectivity index (χ1v) is 7.49. The van der Waals surface area contributed by atoms with E-state index in [1.807, 2.05) is 0 Å². The zero-order chi connectivity index (χ0) is 12.8. The van der Waals surface area contributed by atoms with Crippen molar-refractivity contribution in [3.63, 3.8) is 0 Å². The summed E-state index contributed by atoms with van der Waals surface area (Å²) in [6.07, 6.45) is 6.18. The van der Waals surface area contributed by atoms with E-state index < -0.39 is 0 Å². The molecule has 4 nitrogen and oxygen atoms in total. The Morgan fingerprint density at radius 2 is 2.11 bits per heavy atom. The molecule has 2 atom stereocenters. The third-order valence-corrected chi connectivity index (χ3v) is 4.02. The van der Waals surface area contributed by atoms with Crippen LogP contribution < -0.4 is 10.6 Å². The Bertz CT molecular complexity index is 258. The van der Waals surface area contributed by atoms with E-state index in [9.17, 15) is 4.79 Å². The molecule has 1 amide bonds. The Balaban J connectivity index is 1.61. The fourth-order valence-electron chi connectivity index (χ4n) is 2.95. The molecule has 0 aromatic heterocycles. The number of rotatable bonds is 5. The van der Waals surface area contributed by atoms with E-state index in [0.29, 0.717) is 5.92 Å². The third-order valence-electron chi connectivity index (χ3n) is 4.02. The van der Waals surface area contributed by atoms with Gasteiger partial charge in [0.1, 0.15) is 0 Å². The van der Waals surface area contributed by atoms with Crippen molar-refractivity contribution in [2.75, 3.05) is 32.7 Å². The average Bonchev–Trinajstić information content (AvgIpc) is 2.91. The molecule has 2 aliphatic heterocycles. The van der Waals surface area contributed by atoms with Gasteiger partial charge in [-0.3, -0.25) is 4.79 Å². The fourth-order valence-corrected chi connectivity index (χ4v) is 2.95. The van der Waals surface area contributed by atoms with Gasteiger partial charge in [0.05, 0.1) is 6.04 Å². The highest BCUT2D eigenvalue weighted by Crippen LogP contribution is 2.11. The summed E-state index contributed by atoms with van der Waals surface area (Å²) in [5.74, 6) is 0.742. The molecule has 2 saturated heterocycles. The number of likely N-dealkylation sites (tertiary alicyclic amines) is 1. The Hall–Kier alpha value is -0.610. The van der Waals surface area contributed by atoms with Crippen LogP contribution in [0.25, 0.3) is 0 Å². The monoisotopic (exact) mass is 253 g/mol. The minimum atomic E-state index is 0.0622. The second-order valence-electron chi connectivity index (χ2n) is 5.86. The quantitative estimate of drug-likeness (QED) is 0.767. The fraction of sp³-hybridized carbons (Fsp3) is 0.929. The van der Waals surface area contributed by atoms with Gasteiger partial charge in [0.2, 0.25) is 5.91 Å². The third kappa shape index (κ3) is 4.25. The van der Waals surface area contributed by atoms with E-state index in [-0.39, 0.29) is 11.9 Å². The molecular formula is C14H27N3O. The van der Waals surface area contributed by atoms with E-state index in [0.717, 1.165) is 32.5 Å². The van der Waals surface area contributed by atoms with Crippen LogP contribution in [0.2, 0.25) is 0 Å². The molecule has 2 N–H and O–H groups in total. The molecule has 104 valence electrons. The van der Waals surface area contributed by atoms with E-state index in [1.165, 1.54) is 32.4 Å². The molecule has 0 aliphatic carbocycles. The molecule has 2 rings (SSSR count). The predicted molar refractivity (Wildman–Crippen MR) is 73.5 cm³/mol. The summed E-state index contributed by atoms with van der Waals surface area (Å²) in [6, 6.07) is 0.0622. The van der Waals surface area contributed by atoms with Crippen LogP contribution in [0, 0.1) is 5.92 Å². The molecule has 2 aliphatic rings. The first-order chi connectivity index (χ1) is 8.75. The minimum Gasteiger partial charge on any atom is -0.354 e. The highest BCUT2D eigenvalue weighted by Gasteiger charge is 2.22. The smallest absolute Gasteiger partial charge is 0.237 e. The Morgan fingerprint density at radius 3 is 2.78 bits per heavy atom. The molecule has 0 radical (unpaired) electrons. The van der Waals surface area contributed by atoms with Crippen molar-refractivity contribution in [1.82, 2.24) is 15.5 Å². The molecule has 18 heavy (non-hydrogen) atoms. The molecule has 1 unspecified atom stereocenters. The number of nitrogens with zero attached hydrogens (tertiary/aromatic N) is 1. The number of nitrogens with one attached hydrogen (secondary N) is 2. The number of piperidine rings is 1. The lowest BCUT2D eigenvalue weighted by molar-refractivity contribution is -0.122. The lowest BCUT2D eigenvalue weighted by Gasteiger charge is -2.29. The van der Waals surface area contributed by atoms with Gasteiger partial charge in [-0.2, -0.15) is 0 Å². The zero-order valence-electron chi connectivity index (χ0n) is 11.6. The van der Waals surface area contributed by atoms with Crippen LogP contribution in [-0.4, -0.2) is 49.6 Å². The van der Waals surface area contributed by atoms with Gasteiger partial charge in [-0.05, 0) is 51.2 Å². The molecule has 0 saturated carbocycles. The number of hydrogen-bond acceptors (Lipinski definition) is 3. The molecule has 0 aromatic carbocycles. The SMILES string of the molecule is CC(CNC(=O)[C@@H]1CCCN1)CN1CCCCC1. The van der Waals surface area contributed by atoms with Gasteiger partial charge in [-0.15, -0.1) is 0 Å². The zero-order valence-corrected chi connectivity index (χ0v) is 11.6. The van der Waals surface area contributed by atoms with Crippen LogP contribution in [0.3, 0.4) is 0 Å².